The molecule has 0 bridgehead atoms. The van der Waals surface area contributed by atoms with Crippen molar-refractivity contribution in [1.82, 2.24) is 5.32 Å². The zero-order valence-corrected chi connectivity index (χ0v) is 17.7. The highest BCUT2D eigenvalue weighted by Gasteiger charge is 2.18. The van der Waals surface area contributed by atoms with Crippen molar-refractivity contribution in [2.45, 2.75) is 19.8 Å². The topological polar surface area (TPSA) is 61.4 Å². The molecule has 0 unspecified atom stereocenters. The lowest BCUT2D eigenvalue weighted by atomic mass is 10.1. The molecule has 2 aromatic carbocycles. The zero-order valence-electron chi connectivity index (χ0n) is 16.1. The summed E-state index contributed by atoms with van der Waals surface area (Å²) in [5.41, 5.74) is 2.94. The summed E-state index contributed by atoms with van der Waals surface area (Å²) >= 11 is 7.65. The third kappa shape index (κ3) is 4.23. The second-order valence-corrected chi connectivity index (χ2v) is 8.60. The van der Waals surface area contributed by atoms with Crippen LogP contribution in [0.15, 0.2) is 42.5 Å². The SMILES string of the molecule is Cc1cc(N2CCCC2)ccc1NC(=O)CNC(=O)c1sc2ccccc2c1Cl. The van der Waals surface area contributed by atoms with E-state index in [9.17, 15) is 9.59 Å². The number of rotatable bonds is 5. The van der Waals surface area contributed by atoms with Gasteiger partial charge in [0.1, 0.15) is 4.88 Å². The molecule has 1 fully saturated rings. The molecule has 2 N–H and O–H groups in total. The van der Waals surface area contributed by atoms with Crippen molar-refractivity contribution in [1.29, 1.82) is 0 Å². The Hall–Kier alpha value is -2.57. The molecule has 0 radical (unpaired) electrons. The number of carbonyl (C=O) groups is 2. The number of hydrogen-bond acceptors (Lipinski definition) is 4. The largest absolute Gasteiger partial charge is 0.372 e. The summed E-state index contributed by atoms with van der Waals surface area (Å²) in [7, 11) is 0. The summed E-state index contributed by atoms with van der Waals surface area (Å²) in [6.45, 7) is 4.02. The van der Waals surface area contributed by atoms with Gasteiger partial charge in [0.05, 0.1) is 11.6 Å². The van der Waals surface area contributed by atoms with Crippen molar-refractivity contribution in [2.24, 2.45) is 0 Å². The Bertz CT molecular complexity index is 1070. The number of aryl methyl sites for hydroxylation is 1. The first kappa shape index (κ1) is 19.7. The van der Waals surface area contributed by atoms with E-state index >= 15 is 0 Å². The number of amides is 2. The summed E-state index contributed by atoms with van der Waals surface area (Å²) in [5.74, 6) is -0.611. The predicted octanol–water partition coefficient (Wildman–Crippen LogP) is 4.83. The summed E-state index contributed by atoms with van der Waals surface area (Å²) < 4.78 is 0.945. The first-order valence-corrected chi connectivity index (χ1v) is 10.8. The van der Waals surface area contributed by atoms with Crippen LogP contribution in [-0.4, -0.2) is 31.4 Å². The third-order valence-corrected chi connectivity index (χ3v) is 6.78. The van der Waals surface area contributed by atoms with Crippen LogP contribution in [0.3, 0.4) is 0 Å². The number of carbonyl (C=O) groups excluding carboxylic acids is 2. The van der Waals surface area contributed by atoms with Crippen LogP contribution in [0.5, 0.6) is 0 Å². The minimum atomic E-state index is -0.340. The fourth-order valence-electron chi connectivity index (χ4n) is 3.56. The Kier molecular flexibility index (Phi) is 5.74. The van der Waals surface area contributed by atoms with Crippen molar-refractivity contribution in [3.05, 3.63) is 57.9 Å². The number of nitrogens with one attached hydrogen (secondary N) is 2. The predicted molar refractivity (Wildman–Crippen MR) is 120 cm³/mol. The number of benzene rings is 2. The van der Waals surface area contributed by atoms with Gasteiger partial charge in [-0.2, -0.15) is 0 Å². The minimum absolute atomic E-state index is 0.114. The second-order valence-electron chi connectivity index (χ2n) is 7.17. The maximum absolute atomic E-state index is 12.5. The Morgan fingerprint density at radius 3 is 2.62 bits per heavy atom. The van der Waals surface area contributed by atoms with Gasteiger partial charge in [0, 0.05) is 34.6 Å². The molecule has 3 aromatic rings. The molecule has 1 aromatic heterocycles. The second kappa shape index (κ2) is 8.43. The lowest BCUT2D eigenvalue weighted by Crippen LogP contribution is -2.32. The Morgan fingerprint density at radius 1 is 1.14 bits per heavy atom. The Morgan fingerprint density at radius 2 is 1.90 bits per heavy atom. The smallest absolute Gasteiger partial charge is 0.263 e. The Balaban J connectivity index is 1.37. The molecule has 5 nitrogen and oxygen atoms in total. The molecule has 1 aliphatic rings. The van der Waals surface area contributed by atoms with Crippen molar-refractivity contribution < 1.29 is 9.59 Å². The number of anilines is 2. The third-order valence-electron chi connectivity index (χ3n) is 5.11. The highest BCUT2D eigenvalue weighted by Crippen LogP contribution is 2.35. The number of thiophene rings is 1. The highest BCUT2D eigenvalue weighted by molar-refractivity contribution is 7.21. The van der Waals surface area contributed by atoms with Gasteiger partial charge in [-0.25, -0.2) is 0 Å². The van der Waals surface area contributed by atoms with E-state index in [1.807, 2.05) is 43.3 Å². The zero-order chi connectivity index (χ0) is 20.4. The molecular weight excluding hydrogens is 406 g/mol. The summed E-state index contributed by atoms with van der Waals surface area (Å²) in [6, 6.07) is 13.6. The molecule has 1 aliphatic heterocycles. The fraction of sp³-hybridized carbons (Fsp3) is 0.273. The monoisotopic (exact) mass is 427 g/mol. The fourth-order valence-corrected chi connectivity index (χ4v) is 4.99. The van der Waals surface area contributed by atoms with Gasteiger partial charge in [-0.3, -0.25) is 9.59 Å². The lowest BCUT2D eigenvalue weighted by Gasteiger charge is -2.19. The normalized spacial score (nSPS) is 13.7. The number of fused-ring (bicyclic) bond motifs is 1. The number of hydrogen-bond donors (Lipinski definition) is 2. The van der Waals surface area contributed by atoms with Crippen LogP contribution in [0.1, 0.15) is 28.1 Å². The molecule has 2 amide bonds. The first-order chi connectivity index (χ1) is 14.0. The molecule has 2 heterocycles. The average Bonchev–Trinajstić information content (AvgIpc) is 3.37. The molecular formula is C22H22ClN3O2S. The van der Waals surface area contributed by atoms with E-state index in [-0.39, 0.29) is 18.4 Å². The van der Waals surface area contributed by atoms with Gasteiger partial charge in [0.25, 0.3) is 5.91 Å². The summed E-state index contributed by atoms with van der Waals surface area (Å²) in [4.78, 5) is 27.6. The van der Waals surface area contributed by atoms with E-state index in [1.54, 1.807) is 0 Å². The van der Waals surface area contributed by atoms with E-state index in [4.69, 9.17) is 11.6 Å². The molecule has 1 saturated heterocycles. The van der Waals surface area contributed by atoms with Crippen LogP contribution in [0.2, 0.25) is 5.02 Å². The minimum Gasteiger partial charge on any atom is -0.372 e. The molecule has 0 atom stereocenters. The van der Waals surface area contributed by atoms with E-state index in [1.165, 1.54) is 29.9 Å². The van der Waals surface area contributed by atoms with E-state index < -0.39 is 0 Å². The maximum Gasteiger partial charge on any atom is 0.263 e. The molecule has 150 valence electrons. The van der Waals surface area contributed by atoms with Gasteiger partial charge in [0.2, 0.25) is 5.91 Å². The van der Waals surface area contributed by atoms with Crippen LogP contribution in [-0.2, 0) is 4.79 Å². The van der Waals surface area contributed by atoms with E-state index in [0.29, 0.717) is 9.90 Å². The van der Waals surface area contributed by atoms with Crippen molar-refractivity contribution in [3.63, 3.8) is 0 Å². The molecule has 0 saturated carbocycles. The lowest BCUT2D eigenvalue weighted by molar-refractivity contribution is -0.115. The van der Waals surface area contributed by atoms with Gasteiger partial charge >= 0.3 is 0 Å². The highest BCUT2D eigenvalue weighted by atomic mass is 35.5. The van der Waals surface area contributed by atoms with Gasteiger partial charge in [-0.05, 0) is 49.6 Å². The molecule has 4 rings (SSSR count). The van der Waals surface area contributed by atoms with Crippen LogP contribution >= 0.6 is 22.9 Å². The number of nitrogens with zero attached hydrogens (tertiary/aromatic N) is 1. The van der Waals surface area contributed by atoms with Crippen molar-refractivity contribution in [3.8, 4) is 0 Å². The van der Waals surface area contributed by atoms with Gasteiger partial charge in [-0.15, -0.1) is 11.3 Å². The van der Waals surface area contributed by atoms with Gasteiger partial charge < -0.3 is 15.5 Å². The molecule has 7 heteroatoms. The quantitative estimate of drug-likeness (QED) is 0.613. The van der Waals surface area contributed by atoms with Crippen LogP contribution in [0.4, 0.5) is 11.4 Å². The van der Waals surface area contributed by atoms with E-state index in [0.717, 1.165) is 34.4 Å². The number of halogens is 1. The van der Waals surface area contributed by atoms with Crippen molar-refractivity contribution >= 4 is 56.2 Å². The Labute approximate surface area is 178 Å². The van der Waals surface area contributed by atoms with Gasteiger partial charge in [0.15, 0.2) is 0 Å². The average molecular weight is 428 g/mol. The van der Waals surface area contributed by atoms with Gasteiger partial charge in [-0.1, -0.05) is 29.8 Å². The van der Waals surface area contributed by atoms with Crippen LogP contribution in [0.25, 0.3) is 10.1 Å². The first-order valence-electron chi connectivity index (χ1n) is 9.63. The van der Waals surface area contributed by atoms with Crippen molar-refractivity contribution in [2.75, 3.05) is 29.9 Å². The van der Waals surface area contributed by atoms with E-state index in [2.05, 4.69) is 21.6 Å². The molecule has 0 aliphatic carbocycles. The molecule has 0 spiro atoms. The summed E-state index contributed by atoms with van der Waals surface area (Å²) in [6.07, 6.45) is 2.45. The standard InChI is InChI=1S/C22H22ClN3O2S/c1-14-12-15(26-10-4-5-11-26)8-9-17(14)25-19(27)13-24-22(28)21-20(23)16-6-2-3-7-18(16)29-21/h2-3,6-9,12H,4-5,10-11,13H2,1H3,(H,24,28)(H,25,27). The van der Waals surface area contributed by atoms with Crippen LogP contribution in [0, 0.1) is 6.92 Å². The molecule has 29 heavy (non-hydrogen) atoms. The maximum atomic E-state index is 12.5. The summed E-state index contributed by atoms with van der Waals surface area (Å²) in [5, 5.41) is 6.81. The van der Waals surface area contributed by atoms with Crippen LogP contribution < -0.4 is 15.5 Å².